The van der Waals surface area contributed by atoms with Crippen LogP contribution in [0.5, 0.6) is 0 Å². The van der Waals surface area contributed by atoms with E-state index in [1.165, 1.54) is 0 Å². The maximum Gasteiger partial charge on any atom is 0.134 e. The van der Waals surface area contributed by atoms with Crippen LogP contribution in [0.2, 0.25) is 5.02 Å². The maximum atomic E-state index is 5.86. The summed E-state index contributed by atoms with van der Waals surface area (Å²) in [4.78, 5) is 0. The minimum absolute atomic E-state index is 0.508. The molecule has 0 aliphatic carbocycles. The second-order valence-corrected chi connectivity index (χ2v) is 4.90. The molecule has 0 amide bonds. The van der Waals surface area contributed by atoms with Crippen molar-refractivity contribution >= 4 is 11.6 Å². The molecule has 2 nitrogen and oxygen atoms in total. The molecule has 0 fully saturated rings. The van der Waals surface area contributed by atoms with Crippen molar-refractivity contribution in [2.75, 3.05) is 0 Å². The van der Waals surface area contributed by atoms with Gasteiger partial charge in [-0.05, 0) is 49.7 Å². The standard InChI is InChI=1S/C15H18ClNO/c1-3-11(2)17-10-14-8-9-15(18-14)12-4-6-13(16)7-5-12/h4-9,11,17H,3,10H2,1-2H3. The molecule has 0 bridgehead atoms. The van der Waals surface area contributed by atoms with Crippen molar-refractivity contribution in [3.8, 4) is 11.3 Å². The van der Waals surface area contributed by atoms with Crippen LogP contribution in [0.15, 0.2) is 40.8 Å². The summed E-state index contributed by atoms with van der Waals surface area (Å²) < 4.78 is 5.80. The molecule has 0 aliphatic rings. The molecule has 0 radical (unpaired) electrons. The van der Waals surface area contributed by atoms with Crippen molar-refractivity contribution in [3.63, 3.8) is 0 Å². The summed E-state index contributed by atoms with van der Waals surface area (Å²) in [6, 6.07) is 12.2. The van der Waals surface area contributed by atoms with E-state index in [9.17, 15) is 0 Å². The Morgan fingerprint density at radius 3 is 2.56 bits per heavy atom. The van der Waals surface area contributed by atoms with Crippen LogP contribution in [0.25, 0.3) is 11.3 Å². The van der Waals surface area contributed by atoms with Crippen LogP contribution < -0.4 is 5.32 Å². The van der Waals surface area contributed by atoms with Gasteiger partial charge in [0.05, 0.1) is 6.54 Å². The quantitative estimate of drug-likeness (QED) is 0.860. The van der Waals surface area contributed by atoms with E-state index in [2.05, 4.69) is 19.2 Å². The molecule has 1 N–H and O–H groups in total. The Balaban J connectivity index is 2.03. The predicted octanol–water partition coefficient (Wildman–Crippen LogP) is 4.49. The zero-order chi connectivity index (χ0) is 13.0. The third-order valence-electron chi connectivity index (χ3n) is 3.03. The molecule has 2 aromatic rings. The van der Waals surface area contributed by atoms with Gasteiger partial charge in [0, 0.05) is 16.6 Å². The number of benzene rings is 1. The second kappa shape index (κ2) is 6.07. The van der Waals surface area contributed by atoms with Gasteiger partial charge in [-0.3, -0.25) is 0 Å². The van der Waals surface area contributed by atoms with Crippen LogP contribution in [0, 0.1) is 0 Å². The van der Waals surface area contributed by atoms with Gasteiger partial charge in [0.15, 0.2) is 0 Å². The van der Waals surface area contributed by atoms with Crippen LogP contribution in [-0.4, -0.2) is 6.04 Å². The molecule has 0 spiro atoms. The summed E-state index contributed by atoms with van der Waals surface area (Å²) in [5.74, 6) is 1.84. The Labute approximate surface area is 113 Å². The van der Waals surface area contributed by atoms with Gasteiger partial charge in [0.2, 0.25) is 0 Å². The van der Waals surface area contributed by atoms with Gasteiger partial charge in [-0.25, -0.2) is 0 Å². The fourth-order valence-electron chi connectivity index (χ4n) is 1.66. The lowest BCUT2D eigenvalue weighted by atomic mass is 10.2. The Bertz CT molecular complexity index is 489. The van der Waals surface area contributed by atoms with E-state index in [4.69, 9.17) is 16.0 Å². The number of hydrogen-bond acceptors (Lipinski definition) is 2. The fraction of sp³-hybridized carbons (Fsp3) is 0.333. The molecular weight excluding hydrogens is 246 g/mol. The van der Waals surface area contributed by atoms with Crippen LogP contribution in [-0.2, 0) is 6.54 Å². The Hall–Kier alpha value is -1.25. The smallest absolute Gasteiger partial charge is 0.134 e. The highest BCUT2D eigenvalue weighted by molar-refractivity contribution is 6.30. The van der Waals surface area contributed by atoms with Crippen molar-refractivity contribution in [1.82, 2.24) is 5.32 Å². The van der Waals surface area contributed by atoms with Crippen molar-refractivity contribution in [2.45, 2.75) is 32.9 Å². The van der Waals surface area contributed by atoms with E-state index in [1.54, 1.807) is 0 Å². The molecule has 0 saturated carbocycles. The summed E-state index contributed by atoms with van der Waals surface area (Å²) >= 11 is 5.86. The first-order valence-corrected chi connectivity index (χ1v) is 6.65. The zero-order valence-electron chi connectivity index (χ0n) is 10.7. The lowest BCUT2D eigenvalue weighted by Crippen LogP contribution is -2.24. The van der Waals surface area contributed by atoms with E-state index >= 15 is 0 Å². The van der Waals surface area contributed by atoms with Crippen LogP contribution in [0.3, 0.4) is 0 Å². The van der Waals surface area contributed by atoms with Crippen LogP contribution in [0.1, 0.15) is 26.0 Å². The molecule has 18 heavy (non-hydrogen) atoms. The summed E-state index contributed by atoms with van der Waals surface area (Å²) in [6.45, 7) is 5.10. The first-order valence-electron chi connectivity index (χ1n) is 6.27. The van der Waals surface area contributed by atoms with Crippen molar-refractivity contribution in [1.29, 1.82) is 0 Å². The first-order chi connectivity index (χ1) is 8.69. The molecule has 1 aromatic carbocycles. The molecule has 1 atom stereocenters. The summed E-state index contributed by atoms with van der Waals surface area (Å²) in [5.41, 5.74) is 1.05. The van der Waals surface area contributed by atoms with Gasteiger partial charge in [-0.2, -0.15) is 0 Å². The summed E-state index contributed by atoms with van der Waals surface area (Å²) in [7, 11) is 0. The van der Waals surface area contributed by atoms with Crippen molar-refractivity contribution in [2.24, 2.45) is 0 Å². The van der Waals surface area contributed by atoms with Crippen molar-refractivity contribution < 1.29 is 4.42 Å². The summed E-state index contributed by atoms with van der Waals surface area (Å²) in [5, 5.41) is 4.15. The minimum atomic E-state index is 0.508. The average Bonchev–Trinajstić information content (AvgIpc) is 2.85. The van der Waals surface area contributed by atoms with E-state index in [0.29, 0.717) is 6.04 Å². The topological polar surface area (TPSA) is 25.2 Å². The van der Waals surface area contributed by atoms with E-state index in [-0.39, 0.29) is 0 Å². The highest BCUT2D eigenvalue weighted by atomic mass is 35.5. The third kappa shape index (κ3) is 3.37. The SMILES string of the molecule is CCC(C)NCc1ccc(-c2ccc(Cl)cc2)o1. The summed E-state index contributed by atoms with van der Waals surface area (Å²) in [6.07, 6.45) is 1.12. The van der Waals surface area contributed by atoms with Gasteiger partial charge in [-0.15, -0.1) is 0 Å². The predicted molar refractivity (Wildman–Crippen MR) is 75.7 cm³/mol. The number of furan rings is 1. The number of halogens is 1. The minimum Gasteiger partial charge on any atom is -0.460 e. The molecule has 96 valence electrons. The highest BCUT2D eigenvalue weighted by Gasteiger charge is 2.05. The van der Waals surface area contributed by atoms with E-state index < -0.39 is 0 Å². The van der Waals surface area contributed by atoms with Gasteiger partial charge < -0.3 is 9.73 Å². The van der Waals surface area contributed by atoms with Gasteiger partial charge in [-0.1, -0.05) is 18.5 Å². The fourth-order valence-corrected chi connectivity index (χ4v) is 1.79. The Morgan fingerprint density at radius 2 is 1.89 bits per heavy atom. The lowest BCUT2D eigenvalue weighted by Gasteiger charge is -2.08. The van der Waals surface area contributed by atoms with Crippen LogP contribution in [0.4, 0.5) is 0 Å². The molecule has 1 heterocycles. The van der Waals surface area contributed by atoms with Gasteiger partial charge >= 0.3 is 0 Å². The van der Waals surface area contributed by atoms with E-state index in [0.717, 1.165) is 35.1 Å². The zero-order valence-corrected chi connectivity index (χ0v) is 11.5. The number of rotatable bonds is 5. The monoisotopic (exact) mass is 263 g/mol. The highest BCUT2D eigenvalue weighted by Crippen LogP contribution is 2.23. The number of hydrogen-bond donors (Lipinski definition) is 1. The number of nitrogens with one attached hydrogen (secondary N) is 1. The molecule has 3 heteroatoms. The molecular formula is C15H18ClNO. The van der Waals surface area contributed by atoms with Gasteiger partial charge in [0.25, 0.3) is 0 Å². The first kappa shape index (κ1) is 13.2. The molecule has 0 saturated heterocycles. The third-order valence-corrected chi connectivity index (χ3v) is 3.28. The lowest BCUT2D eigenvalue weighted by molar-refractivity contribution is 0.457. The van der Waals surface area contributed by atoms with Gasteiger partial charge in [0.1, 0.15) is 11.5 Å². The Kier molecular flexibility index (Phi) is 4.45. The maximum absolute atomic E-state index is 5.86. The molecule has 2 rings (SSSR count). The van der Waals surface area contributed by atoms with E-state index in [1.807, 2.05) is 36.4 Å². The molecule has 1 unspecified atom stereocenters. The molecule has 0 aliphatic heterocycles. The van der Waals surface area contributed by atoms with Crippen molar-refractivity contribution in [3.05, 3.63) is 47.2 Å². The largest absolute Gasteiger partial charge is 0.460 e. The molecule has 1 aromatic heterocycles. The Morgan fingerprint density at radius 1 is 1.17 bits per heavy atom. The average molecular weight is 264 g/mol. The second-order valence-electron chi connectivity index (χ2n) is 4.46. The normalized spacial score (nSPS) is 12.6. The van der Waals surface area contributed by atoms with Crippen LogP contribution >= 0.6 is 11.6 Å².